The lowest BCUT2D eigenvalue weighted by atomic mass is 10.3. The number of ether oxygens (including phenoxy) is 1. The first-order valence-electron chi connectivity index (χ1n) is 11.0. The van der Waals surface area contributed by atoms with Crippen LogP contribution >= 0.6 is 0 Å². The van der Waals surface area contributed by atoms with Crippen LogP contribution < -0.4 is 10.4 Å². The number of carbonyl (C=O) groups excluding carboxylic acids is 1. The number of esters is 1. The van der Waals surface area contributed by atoms with Crippen LogP contribution in [0.15, 0.2) is 72.8 Å². The lowest BCUT2D eigenvalue weighted by Crippen LogP contribution is -2.60. The van der Waals surface area contributed by atoms with E-state index in [0.717, 1.165) is 0 Å². The quantitative estimate of drug-likeness (QED) is 0.151. The Morgan fingerprint density at radius 2 is 1.38 bits per heavy atom. The average Bonchev–Trinajstić information content (AvgIpc) is 2.77. The maximum atomic E-state index is 11.7. The van der Waals surface area contributed by atoms with Crippen LogP contribution in [-0.4, -0.2) is 45.7 Å². The maximum absolute atomic E-state index is 11.7. The van der Waals surface area contributed by atoms with Crippen LogP contribution in [0.1, 0.15) is 19.8 Å². The molecule has 2 aromatic rings. The minimum absolute atomic E-state index is 0.281. The van der Waals surface area contributed by atoms with E-state index in [1.807, 2.05) is 36.4 Å². The first-order chi connectivity index (χ1) is 15.1. The highest BCUT2D eigenvalue weighted by atomic mass is 28.4. The van der Waals surface area contributed by atoms with E-state index in [1.165, 1.54) is 16.4 Å². The summed E-state index contributed by atoms with van der Waals surface area (Å²) in [6.07, 6.45) is 4.14. The van der Waals surface area contributed by atoms with Crippen molar-refractivity contribution < 1.29 is 22.8 Å². The van der Waals surface area contributed by atoms with E-state index in [4.69, 9.17) is 18.0 Å². The zero-order valence-electron chi connectivity index (χ0n) is 20.1. The largest absolute Gasteiger partial charge is 0.463 e. The second-order valence-electron chi connectivity index (χ2n) is 8.61. The average molecular weight is 489 g/mol. The maximum Gasteiger partial charge on any atom is 0.330 e. The van der Waals surface area contributed by atoms with Gasteiger partial charge in [-0.1, -0.05) is 66.7 Å². The fourth-order valence-electron chi connectivity index (χ4n) is 3.53. The van der Waals surface area contributed by atoms with Crippen molar-refractivity contribution in [1.29, 1.82) is 0 Å². The molecule has 0 aliphatic carbocycles. The Balaban J connectivity index is 2.27. The first-order valence-corrected chi connectivity index (χ1v) is 17.6. The number of carbonyl (C=O) groups is 1. The predicted octanol–water partition coefficient (Wildman–Crippen LogP) is 3.09. The minimum atomic E-state index is -2.36. The highest BCUT2D eigenvalue weighted by Gasteiger charge is 2.45. The zero-order chi connectivity index (χ0) is 23.7. The SMILES string of the molecule is CC=CC(=O)OCCCC(O[SiH3])(O[Si](C)(C)c1ccccc1)O[Si](C)(C)c1ccccc1. The normalized spacial score (nSPS) is 12.9. The molecule has 0 atom stereocenters. The van der Waals surface area contributed by atoms with Crippen molar-refractivity contribution in [1.82, 2.24) is 0 Å². The molecule has 2 aromatic carbocycles. The summed E-state index contributed by atoms with van der Waals surface area (Å²) in [6, 6.07) is 20.5. The van der Waals surface area contributed by atoms with Crippen molar-refractivity contribution in [3.8, 4) is 0 Å². The van der Waals surface area contributed by atoms with Gasteiger partial charge in [-0.3, -0.25) is 0 Å². The van der Waals surface area contributed by atoms with E-state index < -0.39 is 22.6 Å². The van der Waals surface area contributed by atoms with Gasteiger partial charge in [0.25, 0.3) is 5.97 Å². The molecule has 0 radical (unpaired) electrons. The van der Waals surface area contributed by atoms with E-state index in [2.05, 4.69) is 50.5 Å². The van der Waals surface area contributed by atoms with Crippen LogP contribution in [0.5, 0.6) is 0 Å². The molecule has 0 saturated heterocycles. The van der Waals surface area contributed by atoms with E-state index >= 15 is 0 Å². The van der Waals surface area contributed by atoms with Crippen molar-refractivity contribution in [3.05, 3.63) is 72.8 Å². The molecular weight excluding hydrogens is 453 g/mol. The molecule has 0 fully saturated rings. The molecule has 0 aliphatic heterocycles. The number of benzene rings is 2. The Kier molecular flexibility index (Phi) is 9.81. The van der Waals surface area contributed by atoms with Gasteiger partial charge in [0.05, 0.1) is 6.61 Å². The van der Waals surface area contributed by atoms with Gasteiger partial charge >= 0.3 is 5.97 Å². The summed E-state index contributed by atoms with van der Waals surface area (Å²) in [7, 11) is -4.26. The van der Waals surface area contributed by atoms with Gasteiger partial charge in [-0.05, 0) is 49.9 Å². The Hall–Kier alpha value is -1.82. The van der Waals surface area contributed by atoms with Crippen molar-refractivity contribution in [2.24, 2.45) is 0 Å². The van der Waals surface area contributed by atoms with Gasteiger partial charge in [-0.25, -0.2) is 4.79 Å². The number of hydrogen-bond donors (Lipinski definition) is 0. The number of hydrogen-bond acceptors (Lipinski definition) is 5. The summed E-state index contributed by atoms with van der Waals surface area (Å²) < 4.78 is 25.0. The summed E-state index contributed by atoms with van der Waals surface area (Å²) in [5.41, 5.74) is 0. The fraction of sp³-hybridized carbons (Fsp3) is 0.375. The first kappa shape index (κ1) is 26.4. The second-order valence-corrected chi connectivity index (χ2v) is 16.6. The number of rotatable bonds is 12. The molecule has 0 N–H and O–H groups in total. The molecule has 2 rings (SSSR count). The van der Waals surface area contributed by atoms with Crippen LogP contribution in [0.2, 0.25) is 26.2 Å². The summed E-state index contributed by atoms with van der Waals surface area (Å²) in [5, 5.41) is 2.34. The minimum Gasteiger partial charge on any atom is -0.463 e. The van der Waals surface area contributed by atoms with Crippen LogP contribution in [0, 0.1) is 0 Å². The molecule has 0 bridgehead atoms. The third-order valence-electron chi connectivity index (χ3n) is 5.24. The third kappa shape index (κ3) is 7.65. The molecule has 5 nitrogen and oxygen atoms in total. The lowest BCUT2D eigenvalue weighted by Gasteiger charge is -2.43. The van der Waals surface area contributed by atoms with E-state index in [0.29, 0.717) is 23.3 Å². The molecule has 8 heteroatoms. The molecule has 0 unspecified atom stereocenters. The van der Waals surface area contributed by atoms with Gasteiger partial charge < -0.3 is 18.0 Å². The highest BCUT2D eigenvalue weighted by molar-refractivity contribution is 6.85. The summed E-state index contributed by atoms with van der Waals surface area (Å²) in [4.78, 5) is 11.7. The lowest BCUT2D eigenvalue weighted by molar-refractivity contribution is -0.267. The molecule has 32 heavy (non-hydrogen) atoms. The van der Waals surface area contributed by atoms with Crippen molar-refractivity contribution in [2.45, 2.75) is 51.9 Å². The van der Waals surface area contributed by atoms with Crippen molar-refractivity contribution in [3.63, 3.8) is 0 Å². The van der Waals surface area contributed by atoms with Gasteiger partial charge in [0.15, 0.2) is 10.5 Å². The van der Waals surface area contributed by atoms with Gasteiger partial charge in [0, 0.05) is 12.5 Å². The standard InChI is InChI=1S/C24H36O5Si3/c1-6-14-23(25)26-20-13-19-24(27-30,28-31(2,3)21-15-9-7-10-16-21)29-32(4,5)22-17-11-8-12-18-22/h6-12,14-18H,13,19-20H2,1-5,30H3. The van der Waals surface area contributed by atoms with E-state index in [-0.39, 0.29) is 12.6 Å². The molecule has 0 spiro atoms. The van der Waals surface area contributed by atoms with Gasteiger partial charge in [-0.2, -0.15) is 0 Å². The van der Waals surface area contributed by atoms with Crippen molar-refractivity contribution in [2.75, 3.05) is 6.61 Å². The van der Waals surface area contributed by atoms with Crippen LogP contribution in [-0.2, 0) is 22.8 Å². The molecule has 174 valence electrons. The second kappa shape index (κ2) is 11.9. The smallest absolute Gasteiger partial charge is 0.330 e. The van der Waals surface area contributed by atoms with Gasteiger partial charge in [0.2, 0.25) is 16.6 Å². The van der Waals surface area contributed by atoms with Gasteiger partial charge in [-0.15, -0.1) is 0 Å². The number of allylic oxidation sites excluding steroid dienone is 1. The van der Waals surface area contributed by atoms with E-state index in [9.17, 15) is 4.79 Å². The Morgan fingerprint density at radius 1 is 0.906 bits per heavy atom. The van der Waals surface area contributed by atoms with Gasteiger partial charge in [0.1, 0.15) is 0 Å². The zero-order valence-corrected chi connectivity index (χ0v) is 24.1. The third-order valence-corrected chi connectivity index (χ3v) is 11.0. The fourth-order valence-corrected chi connectivity index (χ4v) is 8.55. The summed E-state index contributed by atoms with van der Waals surface area (Å²) >= 11 is 0. The molecule has 0 aliphatic rings. The van der Waals surface area contributed by atoms with Crippen LogP contribution in [0.25, 0.3) is 0 Å². The molecule has 0 saturated carbocycles. The van der Waals surface area contributed by atoms with Crippen LogP contribution in [0.4, 0.5) is 0 Å². The Morgan fingerprint density at radius 3 is 1.78 bits per heavy atom. The Labute approximate surface area is 197 Å². The van der Waals surface area contributed by atoms with Crippen LogP contribution in [0.3, 0.4) is 0 Å². The van der Waals surface area contributed by atoms with Crippen molar-refractivity contribution >= 4 is 43.5 Å². The topological polar surface area (TPSA) is 54.0 Å². The Bertz CT molecular complexity index is 816. The summed E-state index contributed by atoms with van der Waals surface area (Å²) in [6.45, 7) is 10.7. The molecule has 0 aromatic heterocycles. The molecule has 0 heterocycles. The molecular formula is C24H36O5Si3. The highest BCUT2D eigenvalue weighted by Crippen LogP contribution is 2.29. The van der Waals surface area contributed by atoms with E-state index in [1.54, 1.807) is 13.0 Å². The monoisotopic (exact) mass is 488 g/mol. The molecule has 0 amide bonds. The summed E-state index contributed by atoms with van der Waals surface area (Å²) in [5.74, 6) is -1.51. The predicted molar refractivity (Wildman–Crippen MR) is 138 cm³/mol.